The van der Waals surface area contributed by atoms with Crippen molar-refractivity contribution in [2.75, 3.05) is 6.61 Å². The standard InChI is InChI=1S/C17H16BrN3O3S/c1-3-5-15-19-17(21-20-15)25-14(16(22)23)10-11-9-12(18)6-7-13(11)24-8-4-2/h2,6-7,9-10H,3,5,8H2,1H3,(H,22,23)(H,19,20,21)/b14-10-. The van der Waals surface area contributed by atoms with E-state index in [1.807, 2.05) is 6.92 Å². The van der Waals surface area contributed by atoms with Gasteiger partial charge in [0.1, 0.15) is 23.1 Å². The molecule has 0 aliphatic heterocycles. The van der Waals surface area contributed by atoms with Gasteiger partial charge in [-0.15, -0.1) is 11.5 Å². The Hall–Kier alpha value is -2.24. The highest BCUT2D eigenvalue weighted by Crippen LogP contribution is 2.30. The molecule has 0 radical (unpaired) electrons. The molecule has 0 unspecified atom stereocenters. The lowest BCUT2D eigenvalue weighted by molar-refractivity contribution is -0.131. The lowest BCUT2D eigenvalue weighted by atomic mass is 10.2. The number of nitrogens with one attached hydrogen (secondary N) is 1. The van der Waals surface area contributed by atoms with Crippen LogP contribution in [0.15, 0.2) is 32.7 Å². The summed E-state index contributed by atoms with van der Waals surface area (Å²) in [6.45, 7) is 2.13. The Morgan fingerprint density at radius 1 is 1.56 bits per heavy atom. The number of aromatic nitrogens is 3. The summed E-state index contributed by atoms with van der Waals surface area (Å²) in [7, 11) is 0. The van der Waals surface area contributed by atoms with Gasteiger partial charge in [0, 0.05) is 16.5 Å². The fourth-order valence-electron chi connectivity index (χ4n) is 1.93. The molecule has 1 heterocycles. The third-order valence-electron chi connectivity index (χ3n) is 2.98. The van der Waals surface area contributed by atoms with Crippen molar-refractivity contribution in [3.63, 3.8) is 0 Å². The molecule has 2 N–H and O–H groups in total. The second-order valence-electron chi connectivity index (χ2n) is 4.91. The summed E-state index contributed by atoms with van der Waals surface area (Å²) in [5, 5.41) is 16.7. The van der Waals surface area contributed by atoms with Crippen LogP contribution in [0.2, 0.25) is 0 Å². The van der Waals surface area contributed by atoms with E-state index in [9.17, 15) is 9.90 Å². The van der Waals surface area contributed by atoms with Gasteiger partial charge in [-0.05, 0) is 42.5 Å². The molecule has 0 spiro atoms. The first-order valence-electron chi connectivity index (χ1n) is 7.43. The Bertz CT molecular complexity index is 827. The van der Waals surface area contributed by atoms with Gasteiger partial charge in [0.25, 0.3) is 0 Å². The van der Waals surface area contributed by atoms with E-state index in [0.29, 0.717) is 16.5 Å². The molecule has 2 aromatic rings. The van der Waals surface area contributed by atoms with Gasteiger partial charge >= 0.3 is 5.97 Å². The monoisotopic (exact) mass is 421 g/mol. The van der Waals surface area contributed by atoms with Crippen LogP contribution < -0.4 is 4.74 Å². The number of thioether (sulfide) groups is 1. The molecule has 130 valence electrons. The normalized spacial score (nSPS) is 11.2. The number of aliphatic carboxylic acids is 1. The van der Waals surface area contributed by atoms with E-state index in [4.69, 9.17) is 11.2 Å². The van der Waals surface area contributed by atoms with Gasteiger partial charge in [0.05, 0.1) is 0 Å². The Morgan fingerprint density at radius 3 is 3.04 bits per heavy atom. The van der Waals surface area contributed by atoms with E-state index in [0.717, 1.165) is 34.9 Å². The quantitative estimate of drug-likeness (QED) is 0.383. The minimum atomic E-state index is -1.07. The summed E-state index contributed by atoms with van der Waals surface area (Å²) in [6.07, 6.45) is 8.42. The number of H-pyrrole nitrogens is 1. The molecule has 0 aliphatic rings. The molecule has 0 atom stereocenters. The maximum absolute atomic E-state index is 11.6. The van der Waals surface area contributed by atoms with Crippen LogP contribution in [-0.4, -0.2) is 32.9 Å². The zero-order valence-corrected chi connectivity index (χ0v) is 15.9. The van der Waals surface area contributed by atoms with Crippen molar-refractivity contribution < 1.29 is 14.6 Å². The molecule has 0 bridgehead atoms. The summed E-state index contributed by atoms with van der Waals surface area (Å²) in [6, 6.07) is 5.28. The van der Waals surface area contributed by atoms with Crippen LogP contribution in [0.5, 0.6) is 5.75 Å². The van der Waals surface area contributed by atoms with Gasteiger partial charge in [0.15, 0.2) is 0 Å². The number of carbonyl (C=O) groups is 1. The van der Waals surface area contributed by atoms with Crippen LogP contribution in [0.4, 0.5) is 0 Å². The number of carboxylic acid groups (broad SMARTS) is 1. The minimum absolute atomic E-state index is 0.0747. The van der Waals surface area contributed by atoms with Gasteiger partial charge in [0.2, 0.25) is 5.16 Å². The van der Waals surface area contributed by atoms with Crippen molar-refractivity contribution in [3.8, 4) is 18.1 Å². The largest absolute Gasteiger partial charge is 0.480 e. The number of benzene rings is 1. The van der Waals surface area contributed by atoms with Crippen LogP contribution in [0.25, 0.3) is 6.08 Å². The van der Waals surface area contributed by atoms with E-state index in [2.05, 4.69) is 37.0 Å². The molecule has 6 nitrogen and oxygen atoms in total. The van der Waals surface area contributed by atoms with Crippen LogP contribution in [0.1, 0.15) is 24.7 Å². The average molecular weight is 422 g/mol. The maximum atomic E-state index is 11.6. The predicted octanol–water partition coefficient (Wildman–Crippen LogP) is 3.75. The number of ether oxygens (including phenoxy) is 1. The highest BCUT2D eigenvalue weighted by molar-refractivity contribution is 9.10. The van der Waals surface area contributed by atoms with Crippen molar-refractivity contribution in [1.29, 1.82) is 0 Å². The summed E-state index contributed by atoms with van der Waals surface area (Å²) in [5.74, 6) is 2.55. The van der Waals surface area contributed by atoms with Crippen molar-refractivity contribution in [1.82, 2.24) is 15.2 Å². The van der Waals surface area contributed by atoms with Gasteiger partial charge in [-0.1, -0.05) is 28.8 Å². The van der Waals surface area contributed by atoms with E-state index in [1.54, 1.807) is 18.2 Å². The number of nitrogens with zero attached hydrogens (tertiary/aromatic N) is 2. The molecule has 25 heavy (non-hydrogen) atoms. The minimum Gasteiger partial charge on any atom is -0.480 e. The van der Waals surface area contributed by atoms with Crippen LogP contribution in [0.3, 0.4) is 0 Å². The van der Waals surface area contributed by atoms with Gasteiger partial charge in [-0.2, -0.15) is 0 Å². The van der Waals surface area contributed by atoms with E-state index in [1.165, 1.54) is 6.08 Å². The zero-order chi connectivity index (χ0) is 18.2. The molecule has 0 amide bonds. The molecule has 0 fully saturated rings. The third kappa shape index (κ3) is 5.66. The van der Waals surface area contributed by atoms with Crippen molar-refractivity contribution in [2.24, 2.45) is 0 Å². The van der Waals surface area contributed by atoms with Crippen molar-refractivity contribution in [3.05, 3.63) is 39.0 Å². The summed E-state index contributed by atoms with van der Waals surface area (Å²) < 4.78 is 6.26. The molecule has 1 aromatic heterocycles. The Kier molecular flexibility index (Phi) is 7.10. The highest BCUT2D eigenvalue weighted by atomic mass is 79.9. The first kappa shape index (κ1) is 19.1. The maximum Gasteiger partial charge on any atom is 0.342 e. The Labute approximate surface area is 158 Å². The fraction of sp³-hybridized carbons (Fsp3) is 0.235. The SMILES string of the molecule is C#CCOc1ccc(Br)cc1/C=C(\Sc1n[nH]c(CCC)n1)C(=O)O. The molecule has 0 aliphatic carbocycles. The fourth-order valence-corrected chi connectivity index (χ4v) is 3.03. The molecular weight excluding hydrogens is 406 g/mol. The summed E-state index contributed by atoms with van der Waals surface area (Å²) >= 11 is 4.34. The smallest absolute Gasteiger partial charge is 0.342 e. The van der Waals surface area contributed by atoms with Crippen molar-refractivity contribution >= 4 is 39.7 Å². The van der Waals surface area contributed by atoms with Gasteiger partial charge < -0.3 is 9.84 Å². The number of aryl methyl sites for hydroxylation is 1. The van der Waals surface area contributed by atoms with E-state index in [-0.39, 0.29) is 11.5 Å². The van der Waals surface area contributed by atoms with Crippen LogP contribution in [-0.2, 0) is 11.2 Å². The average Bonchev–Trinajstić information content (AvgIpc) is 3.01. The highest BCUT2D eigenvalue weighted by Gasteiger charge is 2.15. The van der Waals surface area contributed by atoms with E-state index >= 15 is 0 Å². The number of aromatic amines is 1. The first-order chi connectivity index (χ1) is 12.0. The third-order valence-corrected chi connectivity index (χ3v) is 4.35. The van der Waals surface area contributed by atoms with Gasteiger partial charge in [-0.25, -0.2) is 9.78 Å². The lowest BCUT2D eigenvalue weighted by Crippen LogP contribution is -1.99. The lowest BCUT2D eigenvalue weighted by Gasteiger charge is -2.08. The molecule has 2 rings (SSSR count). The molecular formula is C17H16BrN3O3S. The molecule has 1 aromatic carbocycles. The number of terminal acetylenes is 1. The molecule has 0 saturated heterocycles. The number of rotatable bonds is 8. The summed E-state index contributed by atoms with van der Waals surface area (Å²) in [5.41, 5.74) is 0.596. The first-order valence-corrected chi connectivity index (χ1v) is 9.04. The topological polar surface area (TPSA) is 88.1 Å². The Morgan fingerprint density at radius 2 is 2.36 bits per heavy atom. The van der Waals surface area contributed by atoms with Crippen LogP contribution >= 0.6 is 27.7 Å². The molecule has 0 saturated carbocycles. The number of hydrogen-bond donors (Lipinski definition) is 2. The molecule has 8 heteroatoms. The van der Waals surface area contributed by atoms with Crippen LogP contribution in [0, 0.1) is 12.3 Å². The Balaban J connectivity index is 2.31. The number of carboxylic acids is 1. The predicted molar refractivity (Wildman–Crippen MR) is 100 cm³/mol. The van der Waals surface area contributed by atoms with Gasteiger partial charge in [-0.3, -0.25) is 5.10 Å². The number of hydrogen-bond acceptors (Lipinski definition) is 5. The second kappa shape index (κ2) is 9.30. The van der Waals surface area contributed by atoms with Crippen molar-refractivity contribution in [2.45, 2.75) is 24.9 Å². The zero-order valence-electron chi connectivity index (χ0n) is 13.5. The van der Waals surface area contributed by atoms with E-state index < -0.39 is 5.97 Å². The number of halogens is 1. The second-order valence-corrected chi connectivity index (χ2v) is 6.83. The summed E-state index contributed by atoms with van der Waals surface area (Å²) in [4.78, 5) is 16.0.